The van der Waals surface area contributed by atoms with E-state index in [1.54, 1.807) is 0 Å². The van der Waals surface area contributed by atoms with Crippen LogP contribution in [0.2, 0.25) is 0 Å². The van der Waals surface area contributed by atoms with Crippen molar-refractivity contribution in [2.45, 2.75) is 76.3 Å². The standard InChI is InChI=1S/C23H26F3N3O3/c24-23(25,26)22-27-13-17(14-28-22)16(12-21(31)32)11-19(30)7-3-2-6-18-10-9-15-5-1-4-8-20(15)29-18/h9-10,13-14,16H,1-8,11-12H2,(H,31,32)/t16-/m0/s1. The molecule has 0 spiro atoms. The molecule has 2 heterocycles. The lowest BCUT2D eigenvalue weighted by molar-refractivity contribution is -0.145. The van der Waals surface area contributed by atoms with E-state index in [-0.39, 0.29) is 30.6 Å². The van der Waals surface area contributed by atoms with E-state index in [9.17, 15) is 22.8 Å². The highest BCUT2D eigenvalue weighted by molar-refractivity contribution is 5.80. The first-order chi connectivity index (χ1) is 15.2. The van der Waals surface area contributed by atoms with Gasteiger partial charge >= 0.3 is 12.1 Å². The molecule has 9 heteroatoms. The number of hydrogen-bond donors (Lipinski definition) is 1. The lowest BCUT2D eigenvalue weighted by atomic mass is 9.91. The second kappa shape index (κ2) is 10.7. The molecule has 172 valence electrons. The molecule has 32 heavy (non-hydrogen) atoms. The number of unbranched alkanes of at least 4 members (excludes halogenated alkanes) is 1. The van der Waals surface area contributed by atoms with Crippen molar-refractivity contribution in [3.05, 3.63) is 52.9 Å². The smallest absolute Gasteiger partial charge is 0.451 e. The van der Waals surface area contributed by atoms with Crippen LogP contribution < -0.4 is 0 Å². The van der Waals surface area contributed by atoms with Gasteiger partial charge in [-0.3, -0.25) is 14.6 Å². The fraction of sp³-hybridized carbons (Fsp3) is 0.522. The third-order valence-corrected chi connectivity index (χ3v) is 5.67. The SMILES string of the molecule is O=C(O)C[C@H](CC(=O)CCCCc1ccc2c(n1)CCCC2)c1cnc(C(F)(F)F)nc1. The molecule has 0 unspecified atom stereocenters. The Balaban J connectivity index is 1.50. The van der Waals surface area contributed by atoms with Crippen LogP contribution in [0.25, 0.3) is 0 Å². The Labute approximate surface area is 184 Å². The summed E-state index contributed by atoms with van der Waals surface area (Å²) in [6.07, 6.45) is 3.73. The average Bonchev–Trinajstić information content (AvgIpc) is 2.75. The minimum Gasteiger partial charge on any atom is -0.481 e. The number of fused-ring (bicyclic) bond motifs is 1. The zero-order chi connectivity index (χ0) is 23.1. The molecule has 1 aliphatic rings. The van der Waals surface area contributed by atoms with Crippen LogP contribution >= 0.6 is 0 Å². The van der Waals surface area contributed by atoms with Gasteiger partial charge in [-0.1, -0.05) is 6.07 Å². The van der Waals surface area contributed by atoms with Crippen LogP contribution in [0.15, 0.2) is 24.5 Å². The summed E-state index contributed by atoms with van der Waals surface area (Å²) < 4.78 is 37.9. The summed E-state index contributed by atoms with van der Waals surface area (Å²) in [7, 11) is 0. The predicted octanol–water partition coefficient (Wildman–Crippen LogP) is 4.70. The maximum atomic E-state index is 12.6. The molecule has 1 aliphatic carbocycles. The van der Waals surface area contributed by atoms with Crippen molar-refractivity contribution in [1.82, 2.24) is 15.0 Å². The lowest BCUT2D eigenvalue weighted by Crippen LogP contribution is -2.15. The number of hydrogen-bond acceptors (Lipinski definition) is 5. The third-order valence-electron chi connectivity index (χ3n) is 5.67. The number of ketones is 1. The quantitative estimate of drug-likeness (QED) is 0.529. The number of Topliss-reactive ketones (excluding diaryl/α,β-unsaturated/α-hetero) is 1. The van der Waals surface area contributed by atoms with Gasteiger partial charge in [0.15, 0.2) is 0 Å². The fourth-order valence-corrected chi connectivity index (χ4v) is 3.99. The van der Waals surface area contributed by atoms with Crippen LogP contribution in [0.4, 0.5) is 13.2 Å². The van der Waals surface area contributed by atoms with E-state index in [1.165, 1.54) is 24.1 Å². The number of aliphatic carboxylic acids is 1. The topological polar surface area (TPSA) is 93.0 Å². The molecule has 3 rings (SSSR count). The van der Waals surface area contributed by atoms with E-state index in [0.717, 1.165) is 43.8 Å². The number of carbonyl (C=O) groups is 2. The number of carboxylic acids is 1. The normalized spacial score (nSPS) is 14.6. The first-order valence-corrected chi connectivity index (χ1v) is 10.8. The number of aromatic nitrogens is 3. The number of nitrogens with zero attached hydrogens (tertiary/aromatic N) is 3. The number of carboxylic acid groups (broad SMARTS) is 1. The Bertz CT molecular complexity index is 946. The largest absolute Gasteiger partial charge is 0.481 e. The van der Waals surface area contributed by atoms with Gasteiger partial charge in [0.1, 0.15) is 5.78 Å². The van der Waals surface area contributed by atoms with Crippen molar-refractivity contribution < 1.29 is 27.9 Å². The molecule has 0 amide bonds. The summed E-state index contributed by atoms with van der Waals surface area (Å²) in [5.74, 6) is -3.32. The van der Waals surface area contributed by atoms with Gasteiger partial charge in [0.05, 0.1) is 6.42 Å². The first kappa shape index (κ1) is 23.8. The van der Waals surface area contributed by atoms with Crippen molar-refractivity contribution in [1.29, 1.82) is 0 Å². The van der Waals surface area contributed by atoms with Crippen LogP contribution in [0.1, 0.15) is 79.2 Å². The average molecular weight is 449 g/mol. The number of carbonyl (C=O) groups excluding carboxylic acids is 1. The Morgan fingerprint density at radius 2 is 1.75 bits per heavy atom. The molecule has 0 aliphatic heterocycles. The first-order valence-electron chi connectivity index (χ1n) is 10.8. The monoisotopic (exact) mass is 449 g/mol. The van der Waals surface area contributed by atoms with Crippen molar-refractivity contribution in [2.75, 3.05) is 0 Å². The number of rotatable bonds is 10. The summed E-state index contributed by atoms with van der Waals surface area (Å²) in [6.45, 7) is 0. The van der Waals surface area contributed by atoms with Crippen molar-refractivity contribution in [2.24, 2.45) is 0 Å². The third kappa shape index (κ3) is 6.83. The van der Waals surface area contributed by atoms with E-state index >= 15 is 0 Å². The van der Waals surface area contributed by atoms with Gasteiger partial charge in [0, 0.05) is 42.5 Å². The van der Waals surface area contributed by atoms with Crippen LogP contribution in [0.3, 0.4) is 0 Å². The lowest BCUT2D eigenvalue weighted by Gasteiger charge is -2.15. The van der Waals surface area contributed by atoms with Gasteiger partial charge in [-0.2, -0.15) is 13.2 Å². The van der Waals surface area contributed by atoms with Gasteiger partial charge in [0.2, 0.25) is 5.82 Å². The summed E-state index contributed by atoms with van der Waals surface area (Å²) in [5.41, 5.74) is 3.74. The summed E-state index contributed by atoms with van der Waals surface area (Å²) in [4.78, 5) is 34.9. The predicted molar refractivity (Wildman–Crippen MR) is 110 cm³/mol. The molecule has 2 aromatic heterocycles. The van der Waals surface area contributed by atoms with E-state index in [0.29, 0.717) is 6.42 Å². The molecule has 0 bridgehead atoms. The zero-order valence-corrected chi connectivity index (χ0v) is 17.7. The molecule has 0 aromatic carbocycles. The molecular weight excluding hydrogens is 423 g/mol. The minimum absolute atomic E-state index is 0.0713. The van der Waals surface area contributed by atoms with E-state index < -0.39 is 23.9 Å². The Hall–Kier alpha value is -2.84. The van der Waals surface area contributed by atoms with E-state index in [2.05, 4.69) is 16.0 Å². The number of alkyl halides is 3. The van der Waals surface area contributed by atoms with E-state index in [1.807, 2.05) is 6.07 Å². The van der Waals surface area contributed by atoms with Crippen LogP contribution in [-0.2, 0) is 35.0 Å². The van der Waals surface area contributed by atoms with Gasteiger partial charge in [-0.15, -0.1) is 0 Å². The van der Waals surface area contributed by atoms with Gasteiger partial charge < -0.3 is 5.11 Å². The van der Waals surface area contributed by atoms with Gasteiger partial charge in [-0.05, 0) is 62.1 Å². The molecule has 0 fully saturated rings. The Morgan fingerprint density at radius 1 is 1.03 bits per heavy atom. The zero-order valence-electron chi connectivity index (χ0n) is 17.7. The maximum absolute atomic E-state index is 12.6. The molecule has 0 saturated carbocycles. The van der Waals surface area contributed by atoms with Crippen LogP contribution in [0.5, 0.6) is 0 Å². The highest BCUT2D eigenvalue weighted by atomic mass is 19.4. The second-order valence-corrected chi connectivity index (χ2v) is 8.20. The maximum Gasteiger partial charge on any atom is 0.451 e. The summed E-state index contributed by atoms with van der Waals surface area (Å²) in [6, 6.07) is 4.18. The highest BCUT2D eigenvalue weighted by Crippen LogP contribution is 2.28. The summed E-state index contributed by atoms with van der Waals surface area (Å²) >= 11 is 0. The molecule has 0 radical (unpaired) electrons. The van der Waals surface area contributed by atoms with Crippen molar-refractivity contribution in [3.63, 3.8) is 0 Å². The molecular formula is C23H26F3N3O3. The molecule has 1 N–H and O–H groups in total. The van der Waals surface area contributed by atoms with Crippen molar-refractivity contribution in [3.8, 4) is 0 Å². The second-order valence-electron chi connectivity index (χ2n) is 8.20. The van der Waals surface area contributed by atoms with E-state index in [4.69, 9.17) is 10.1 Å². The van der Waals surface area contributed by atoms with Gasteiger partial charge in [0.25, 0.3) is 0 Å². The van der Waals surface area contributed by atoms with Crippen molar-refractivity contribution >= 4 is 11.8 Å². The number of halogens is 3. The molecule has 0 saturated heterocycles. The van der Waals surface area contributed by atoms with Crippen LogP contribution in [-0.4, -0.2) is 31.8 Å². The number of aryl methyl sites for hydroxylation is 3. The Morgan fingerprint density at radius 3 is 2.44 bits per heavy atom. The molecule has 6 nitrogen and oxygen atoms in total. The molecule has 2 aromatic rings. The van der Waals surface area contributed by atoms with Gasteiger partial charge in [-0.25, -0.2) is 9.97 Å². The summed E-state index contributed by atoms with van der Waals surface area (Å²) in [5, 5.41) is 9.13. The number of pyridine rings is 1. The minimum atomic E-state index is -4.68. The molecule has 1 atom stereocenters. The Kier molecular flexibility index (Phi) is 7.93. The van der Waals surface area contributed by atoms with Crippen LogP contribution in [0, 0.1) is 0 Å². The highest BCUT2D eigenvalue weighted by Gasteiger charge is 2.34. The fourth-order valence-electron chi connectivity index (χ4n) is 3.99.